The maximum Gasteiger partial charge on any atom is 0.108 e. The van der Waals surface area contributed by atoms with Crippen molar-refractivity contribution in [2.75, 3.05) is 5.73 Å². The lowest BCUT2D eigenvalue weighted by atomic mass is 10.1. The summed E-state index contributed by atoms with van der Waals surface area (Å²) >= 11 is 0. The summed E-state index contributed by atoms with van der Waals surface area (Å²) in [6.07, 6.45) is 1.55. The van der Waals surface area contributed by atoms with E-state index in [0.717, 1.165) is 5.52 Å². The number of nitrogens with one attached hydrogen (secondary N) is 1. The van der Waals surface area contributed by atoms with E-state index in [1.165, 1.54) is 0 Å². The Kier molecular flexibility index (Phi) is 1.25. The predicted octanol–water partition coefficient (Wildman–Crippen LogP) is 1.02. The smallest absolute Gasteiger partial charge is 0.108 e. The first-order valence-electron chi connectivity index (χ1n) is 3.44. The minimum Gasteiger partial charge on any atom is -0.398 e. The van der Waals surface area contributed by atoms with Crippen LogP contribution in [0.2, 0.25) is 0 Å². The van der Waals surface area contributed by atoms with Crippen LogP contribution in [0.1, 0.15) is 5.56 Å². The Hall–Kier alpha value is -2.02. The van der Waals surface area contributed by atoms with Gasteiger partial charge in [-0.3, -0.25) is 0 Å². The Morgan fingerprint density at radius 3 is 3.08 bits per heavy atom. The molecule has 0 unspecified atom stereocenters. The number of hydrogen-bond donors (Lipinski definition) is 2. The van der Waals surface area contributed by atoms with E-state index in [1.807, 2.05) is 6.07 Å². The minimum atomic E-state index is 0.439. The van der Waals surface area contributed by atoms with Crippen LogP contribution in [0.4, 0.5) is 5.69 Å². The van der Waals surface area contributed by atoms with Gasteiger partial charge in [-0.2, -0.15) is 5.26 Å². The average Bonchev–Trinajstić information content (AvgIpc) is 2.52. The maximum absolute atomic E-state index is 8.75. The quantitative estimate of drug-likeness (QED) is 0.562. The molecule has 1 heterocycles. The van der Waals surface area contributed by atoms with Crippen molar-refractivity contribution in [1.29, 1.82) is 5.26 Å². The molecule has 0 aliphatic rings. The standard InChI is InChI=1S/C8H6N4/c9-3-5-6(10)1-2-7-8(5)12-4-11-7/h1-2,4H,10H2,(H,11,12). The molecule has 0 saturated heterocycles. The van der Waals surface area contributed by atoms with Crippen LogP contribution in [0.25, 0.3) is 11.0 Å². The summed E-state index contributed by atoms with van der Waals surface area (Å²) in [5.74, 6) is 0. The average molecular weight is 158 g/mol. The number of aromatic nitrogens is 2. The van der Waals surface area contributed by atoms with E-state index in [1.54, 1.807) is 18.5 Å². The zero-order chi connectivity index (χ0) is 8.55. The Morgan fingerprint density at radius 1 is 1.50 bits per heavy atom. The van der Waals surface area contributed by atoms with Crippen LogP contribution < -0.4 is 5.73 Å². The van der Waals surface area contributed by atoms with Crippen LogP contribution in [-0.2, 0) is 0 Å². The number of imidazole rings is 1. The van der Waals surface area contributed by atoms with Crippen LogP contribution >= 0.6 is 0 Å². The molecule has 0 fully saturated rings. The first-order valence-corrected chi connectivity index (χ1v) is 3.44. The van der Waals surface area contributed by atoms with Gasteiger partial charge in [0.25, 0.3) is 0 Å². The lowest BCUT2D eigenvalue weighted by Gasteiger charge is -1.95. The van der Waals surface area contributed by atoms with Gasteiger partial charge >= 0.3 is 0 Å². The summed E-state index contributed by atoms with van der Waals surface area (Å²) in [6, 6.07) is 5.51. The SMILES string of the molecule is N#Cc1c(N)ccc2[nH]cnc12. The van der Waals surface area contributed by atoms with Crippen LogP contribution in [0.15, 0.2) is 18.5 Å². The van der Waals surface area contributed by atoms with Crippen molar-refractivity contribution in [3.8, 4) is 6.07 Å². The molecule has 3 N–H and O–H groups in total. The van der Waals surface area contributed by atoms with Crippen LogP contribution in [0.3, 0.4) is 0 Å². The largest absolute Gasteiger partial charge is 0.398 e. The highest BCUT2D eigenvalue weighted by atomic mass is 14.9. The van der Waals surface area contributed by atoms with Gasteiger partial charge in [0.15, 0.2) is 0 Å². The third-order valence-corrected chi connectivity index (χ3v) is 1.74. The maximum atomic E-state index is 8.75. The Bertz CT molecular complexity index is 463. The van der Waals surface area contributed by atoms with Gasteiger partial charge in [0, 0.05) is 0 Å². The fourth-order valence-electron chi connectivity index (χ4n) is 1.14. The van der Waals surface area contributed by atoms with Gasteiger partial charge in [-0.1, -0.05) is 0 Å². The Morgan fingerprint density at radius 2 is 2.33 bits per heavy atom. The van der Waals surface area contributed by atoms with E-state index < -0.39 is 0 Å². The second-order valence-corrected chi connectivity index (χ2v) is 2.44. The second kappa shape index (κ2) is 2.24. The molecule has 4 nitrogen and oxygen atoms in total. The van der Waals surface area contributed by atoms with Crippen molar-refractivity contribution < 1.29 is 0 Å². The molecule has 2 rings (SSSR count). The molecule has 0 spiro atoms. The topological polar surface area (TPSA) is 78.5 Å². The van der Waals surface area contributed by atoms with E-state index >= 15 is 0 Å². The van der Waals surface area contributed by atoms with Gasteiger partial charge in [0.1, 0.15) is 17.1 Å². The van der Waals surface area contributed by atoms with Crippen LogP contribution in [0.5, 0.6) is 0 Å². The van der Waals surface area contributed by atoms with E-state index in [-0.39, 0.29) is 0 Å². The lowest BCUT2D eigenvalue weighted by Crippen LogP contribution is -1.90. The number of aromatic amines is 1. The van der Waals surface area contributed by atoms with Gasteiger partial charge in [-0.25, -0.2) is 4.98 Å². The summed E-state index contributed by atoms with van der Waals surface area (Å²) in [6.45, 7) is 0. The van der Waals surface area contributed by atoms with Crippen LogP contribution in [0, 0.1) is 11.3 Å². The second-order valence-electron chi connectivity index (χ2n) is 2.44. The van der Waals surface area contributed by atoms with E-state index in [4.69, 9.17) is 11.0 Å². The van der Waals surface area contributed by atoms with Crippen molar-refractivity contribution in [1.82, 2.24) is 9.97 Å². The molecule has 1 aromatic carbocycles. The number of hydrogen-bond acceptors (Lipinski definition) is 3. The third kappa shape index (κ3) is 0.736. The molecule has 1 aromatic heterocycles. The Labute approximate surface area is 68.6 Å². The fraction of sp³-hybridized carbons (Fsp3) is 0. The summed E-state index contributed by atoms with van der Waals surface area (Å²) < 4.78 is 0. The number of fused-ring (bicyclic) bond motifs is 1. The van der Waals surface area contributed by atoms with Gasteiger partial charge < -0.3 is 10.7 Å². The van der Waals surface area contributed by atoms with Crippen LogP contribution in [-0.4, -0.2) is 9.97 Å². The molecule has 0 radical (unpaired) electrons. The molecule has 2 aromatic rings. The number of H-pyrrole nitrogens is 1. The molecule has 58 valence electrons. The molecule has 4 heteroatoms. The first kappa shape index (κ1) is 6.68. The fourth-order valence-corrected chi connectivity index (χ4v) is 1.14. The van der Waals surface area contributed by atoms with Crippen molar-refractivity contribution in [2.45, 2.75) is 0 Å². The number of anilines is 1. The van der Waals surface area contributed by atoms with E-state index in [2.05, 4.69) is 9.97 Å². The van der Waals surface area contributed by atoms with Crippen molar-refractivity contribution in [3.05, 3.63) is 24.0 Å². The monoisotopic (exact) mass is 158 g/mol. The number of nitrogens with zero attached hydrogens (tertiary/aromatic N) is 2. The zero-order valence-electron chi connectivity index (χ0n) is 6.20. The minimum absolute atomic E-state index is 0.439. The summed E-state index contributed by atoms with van der Waals surface area (Å²) in [4.78, 5) is 6.90. The van der Waals surface area contributed by atoms with E-state index in [0.29, 0.717) is 16.8 Å². The number of nitrogen functional groups attached to an aromatic ring is 1. The highest BCUT2D eigenvalue weighted by Crippen LogP contribution is 2.19. The third-order valence-electron chi connectivity index (χ3n) is 1.74. The number of benzene rings is 1. The van der Waals surface area contributed by atoms with Crippen molar-refractivity contribution in [2.24, 2.45) is 0 Å². The molecule has 0 amide bonds. The lowest BCUT2D eigenvalue weighted by molar-refractivity contribution is 1.34. The molecule has 0 aliphatic carbocycles. The Balaban J connectivity index is 2.94. The summed E-state index contributed by atoms with van der Waals surface area (Å²) in [5.41, 5.74) is 7.96. The molecule has 0 atom stereocenters. The van der Waals surface area contributed by atoms with E-state index in [9.17, 15) is 0 Å². The summed E-state index contributed by atoms with van der Waals surface area (Å²) in [7, 11) is 0. The van der Waals surface area contributed by atoms with Gasteiger partial charge in [0.2, 0.25) is 0 Å². The van der Waals surface area contributed by atoms with Gasteiger partial charge in [-0.05, 0) is 12.1 Å². The highest BCUT2D eigenvalue weighted by Gasteiger charge is 2.05. The molecule has 0 saturated carbocycles. The molecule has 0 bridgehead atoms. The molecule has 12 heavy (non-hydrogen) atoms. The number of nitriles is 1. The highest BCUT2D eigenvalue weighted by molar-refractivity contribution is 5.86. The molecule has 0 aliphatic heterocycles. The van der Waals surface area contributed by atoms with Gasteiger partial charge in [-0.15, -0.1) is 0 Å². The predicted molar refractivity (Wildman–Crippen MR) is 45.2 cm³/mol. The van der Waals surface area contributed by atoms with Gasteiger partial charge in [0.05, 0.1) is 17.5 Å². The molecular weight excluding hydrogens is 152 g/mol. The normalized spacial score (nSPS) is 9.92. The number of rotatable bonds is 0. The van der Waals surface area contributed by atoms with Crippen molar-refractivity contribution in [3.63, 3.8) is 0 Å². The van der Waals surface area contributed by atoms with Crippen molar-refractivity contribution >= 4 is 16.7 Å². The first-order chi connectivity index (χ1) is 5.83. The molecular formula is C8H6N4. The summed E-state index contributed by atoms with van der Waals surface area (Å²) in [5, 5.41) is 8.75. The number of nitrogens with two attached hydrogens (primary N) is 1. The zero-order valence-corrected chi connectivity index (χ0v) is 6.20.